The lowest BCUT2D eigenvalue weighted by molar-refractivity contribution is -0.167. The summed E-state index contributed by atoms with van der Waals surface area (Å²) >= 11 is 0. The lowest BCUT2D eigenvalue weighted by atomic mass is 10.0. The van der Waals surface area contributed by atoms with Gasteiger partial charge >= 0.3 is 17.9 Å². The number of carbonyl (C=O) groups is 3. The highest BCUT2D eigenvalue weighted by Gasteiger charge is 2.19. The second kappa shape index (κ2) is 53.8. The van der Waals surface area contributed by atoms with E-state index >= 15 is 0 Å². The van der Waals surface area contributed by atoms with E-state index in [2.05, 4.69) is 34.6 Å². The highest BCUT2D eigenvalue weighted by atomic mass is 16.6. The van der Waals surface area contributed by atoms with Crippen LogP contribution in [-0.2, 0) is 28.6 Å². The molecule has 0 heterocycles. The summed E-state index contributed by atoms with van der Waals surface area (Å²) in [5, 5.41) is 0. The molecule has 0 unspecified atom stereocenters. The van der Waals surface area contributed by atoms with E-state index < -0.39 is 6.10 Å². The highest BCUT2D eigenvalue weighted by molar-refractivity contribution is 5.71. The Labute approximate surface area is 418 Å². The molecular weight excluding hydrogens is 829 g/mol. The maximum Gasteiger partial charge on any atom is 0.306 e. The molecule has 1 atom stereocenters. The lowest BCUT2D eigenvalue weighted by Gasteiger charge is -2.18. The first-order valence-electron chi connectivity index (χ1n) is 30.2. The number of rotatable bonds is 55. The molecule has 0 aliphatic carbocycles. The Morgan fingerprint density at radius 2 is 0.493 bits per heavy atom. The molecule has 6 heteroatoms. The number of unbranched alkanes of at least 4 members (excludes halogenated alkanes) is 40. The second-order valence-electron chi connectivity index (χ2n) is 21.9. The van der Waals surface area contributed by atoms with Crippen molar-refractivity contribution in [3.05, 3.63) is 0 Å². The van der Waals surface area contributed by atoms with Gasteiger partial charge in [-0.2, -0.15) is 0 Å². The summed E-state index contributed by atoms with van der Waals surface area (Å²) in [6.45, 7) is 11.4. The molecule has 0 radical (unpaired) electrons. The molecule has 0 spiro atoms. The molecule has 0 amide bonds. The van der Waals surface area contributed by atoms with E-state index in [1.165, 1.54) is 231 Å². The molecule has 0 aromatic carbocycles. The Balaban J connectivity index is 4.25. The van der Waals surface area contributed by atoms with Crippen LogP contribution >= 0.6 is 0 Å². The lowest BCUT2D eigenvalue weighted by Crippen LogP contribution is -2.30. The van der Waals surface area contributed by atoms with Crippen LogP contribution in [0.1, 0.15) is 343 Å². The summed E-state index contributed by atoms with van der Waals surface area (Å²) in [6.07, 6.45) is 58.2. The fourth-order valence-electron chi connectivity index (χ4n) is 9.40. The zero-order valence-electron chi connectivity index (χ0n) is 46.0. The summed E-state index contributed by atoms with van der Waals surface area (Å²) in [4.78, 5) is 38.2. The third kappa shape index (κ3) is 55.2. The predicted molar refractivity (Wildman–Crippen MR) is 289 cm³/mol. The van der Waals surface area contributed by atoms with Gasteiger partial charge in [-0.05, 0) is 31.1 Å². The maximum absolute atomic E-state index is 12.9. The van der Waals surface area contributed by atoms with Gasteiger partial charge in [-0.3, -0.25) is 14.4 Å². The van der Waals surface area contributed by atoms with Crippen molar-refractivity contribution < 1.29 is 28.6 Å². The summed E-state index contributed by atoms with van der Waals surface area (Å²) in [5.74, 6) is 0.829. The summed E-state index contributed by atoms with van der Waals surface area (Å²) in [5.41, 5.74) is 0. The first-order chi connectivity index (χ1) is 32.7. The van der Waals surface area contributed by atoms with Gasteiger partial charge in [0.2, 0.25) is 0 Å². The summed E-state index contributed by atoms with van der Waals surface area (Å²) < 4.78 is 16.9. The van der Waals surface area contributed by atoms with Crippen molar-refractivity contribution in [3.63, 3.8) is 0 Å². The Morgan fingerprint density at radius 3 is 0.731 bits per heavy atom. The van der Waals surface area contributed by atoms with E-state index in [9.17, 15) is 14.4 Å². The fourth-order valence-corrected chi connectivity index (χ4v) is 9.40. The molecule has 0 N–H and O–H groups in total. The zero-order valence-corrected chi connectivity index (χ0v) is 46.0. The van der Waals surface area contributed by atoms with E-state index in [0.717, 1.165) is 69.6 Å². The number of esters is 3. The van der Waals surface area contributed by atoms with Crippen molar-refractivity contribution >= 4 is 17.9 Å². The highest BCUT2D eigenvalue weighted by Crippen LogP contribution is 2.18. The van der Waals surface area contributed by atoms with Gasteiger partial charge < -0.3 is 14.2 Å². The van der Waals surface area contributed by atoms with E-state index in [-0.39, 0.29) is 31.1 Å². The number of ether oxygens (including phenoxy) is 3. The predicted octanol–water partition coefficient (Wildman–Crippen LogP) is 20.0. The van der Waals surface area contributed by atoms with Gasteiger partial charge in [0.05, 0.1) is 0 Å². The van der Waals surface area contributed by atoms with Crippen LogP contribution in [0.25, 0.3) is 0 Å². The molecule has 0 saturated carbocycles. The molecular formula is C61H118O6. The van der Waals surface area contributed by atoms with Crippen LogP contribution in [0.15, 0.2) is 0 Å². The first kappa shape index (κ1) is 65.4. The summed E-state index contributed by atoms with van der Waals surface area (Å²) in [6, 6.07) is 0. The average molecular weight is 948 g/mol. The van der Waals surface area contributed by atoms with Gasteiger partial charge in [0.15, 0.2) is 6.10 Å². The first-order valence-corrected chi connectivity index (χ1v) is 30.2. The van der Waals surface area contributed by atoms with Crippen LogP contribution in [0.4, 0.5) is 0 Å². The third-order valence-corrected chi connectivity index (χ3v) is 14.0. The number of carbonyl (C=O) groups excluding carboxylic acids is 3. The van der Waals surface area contributed by atoms with Gasteiger partial charge in [-0.1, -0.05) is 304 Å². The van der Waals surface area contributed by atoms with Crippen LogP contribution in [0, 0.1) is 11.8 Å². The molecule has 0 aliphatic rings. The third-order valence-electron chi connectivity index (χ3n) is 14.0. The normalized spacial score (nSPS) is 12.0. The maximum atomic E-state index is 12.9. The molecule has 0 fully saturated rings. The topological polar surface area (TPSA) is 78.9 Å². The second-order valence-corrected chi connectivity index (χ2v) is 21.9. The fraction of sp³-hybridized carbons (Fsp3) is 0.951. The zero-order chi connectivity index (χ0) is 48.9. The largest absolute Gasteiger partial charge is 0.462 e. The SMILES string of the molecule is CCCCCCCCCCCCCCCCCCC(=O)OC[C@@H](COC(=O)CCCCCCCCCCCC(C)C)OC(=O)CCCCCCCCCCCCCCCCCCCCC(C)C. The van der Waals surface area contributed by atoms with Crippen molar-refractivity contribution in [2.75, 3.05) is 13.2 Å². The monoisotopic (exact) mass is 947 g/mol. The Hall–Kier alpha value is -1.59. The van der Waals surface area contributed by atoms with Gasteiger partial charge in [-0.15, -0.1) is 0 Å². The molecule has 0 aromatic rings. The van der Waals surface area contributed by atoms with Gasteiger partial charge in [0.25, 0.3) is 0 Å². The van der Waals surface area contributed by atoms with Crippen LogP contribution < -0.4 is 0 Å². The Kier molecular flexibility index (Phi) is 52.5. The molecule has 0 bridgehead atoms. The van der Waals surface area contributed by atoms with Gasteiger partial charge in [0, 0.05) is 19.3 Å². The van der Waals surface area contributed by atoms with Crippen LogP contribution in [0.5, 0.6) is 0 Å². The van der Waals surface area contributed by atoms with E-state index in [0.29, 0.717) is 19.3 Å². The van der Waals surface area contributed by atoms with E-state index in [1.807, 2.05) is 0 Å². The standard InChI is InChI=1S/C61H118O6/c1-6-7-8-9-10-11-12-13-14-20-23-26-31-36-41-46-51-59(62)65-54-58(55-66-60(63)52-47-42-37-33-28-30-35-40-45-50-57(4)5)67-61(64)53-48-43-38-32-27-24-21-18-16-15-17-19-22-25-29-34-39-44-49-56(2)3/h56-58H,6-55H2,1-5H3/t58-/m0/s1. The minimum absolute atomic E-state index is 0.0625. The van der Waals surface area contributed by atoms with Crippen molar-refractivity contribution in [3.8, 4) is 0 Å². The van der Waals surface area contributed by atoms with Crippen LogP contribution in [-0.4, -0.2) is 37.2 Å². The average Bonchev–Trinajstić information content (AvgIpc) is 3.30. The summed E-state index contributed by atoms with van der Waals surface area (Å²) in [7, 11) is 0. The van der Waals surface area contributed by atoms with Crippen LogP contribution in [0.2, 0.25) is 0 Å². The molecule has 67 heavy (non-hydrogen) atoms. The smallest absolute Gasteiger partial charge is 0.306 e. The molecule has 0 aromatic heterocycles. The number of hydrogen-bond acceptors (Lipinski definition) is 6. The van der Waals surface area contributed by atoms with Crippen LogP contribution in [0.3, 0.4) is 0 Å². The Morgan fingerprint density at radius 1 is 0.284 bits per heavy atom. The molecule has 0 aliphatic heterocycles. The minimum Gasteiger partial charge on any atom is -0.462 e. The van der Waals surface area contributed by atoms with Crippen molar-refractivity contribution in [2.24, 2.45) is 11.8 Å². The Bertz CT molecular complexity index is 1020. The van der Waals surface area contributed by atoms with Gasteiger partial charge in [0.1, 0.15) is 13.2 Å². The van der Waals surface area contributed by atoms with Crippen molar-refractivity contribution in [2.45, 2.75) is 349 Å². The van der Waals surface area contributed by atoms with E-state index in [1.54, 1.807) is 0 Å². The molecule has 398 valence electrons. The van der Waals surface area contributed by atoms with Crippen molar-refractivity contribution in [1.82, 2.24) is 0 Å². The molecule has 0 rings (SSSR count). The molecule has 6 nitrogen and oxygen atoms in total. The van der Waals surface area contributed by atoms with Crippen molar-refractivity contribution in [1.29, 1.82) is 0 Å². The molecule has 0 saturated heterocycles. The van der Waals surface area contributed by atoms with Gasteiger partial charge in [-0.25, -0.2) is 0 Å². The minimum atomic E-state index is -0.763. The quantitative estimate of drug-likeness (QED) is 0.0343. The number of hydrogen-bond donors (Lipinski definition) is 0. The van der Waals surface area contributed by atoms with E-state index in [4.69, 9.17) is 14.2 Å².